The predicted octanol–water partition coefficient (Wildman–Crippen LogP) is 3.88. The molecule has 1 atom stereocenters. The summed E-state index contributed by atoms with van der Waals surface area (Å²) in [6.45, 7) is 1.06. The van der Waals surface area contributed by atoms with Crippen LogP contribution in [0.15, 0.2) is 41.0 Å². The second-order valence-corrected chi connectivity index (χ2v) is 6.39. The summed E-state index contributed by atoms with van der Waals surface area (Å²) >= 11 is 1.72. The number of nitrogens with zero attached hydrogens (tertiary/aromatic N) is 1. The zero-order valence-electron chi connectivity index (χ0n) is 11.8. The summed E-state index contributed by atoms with van der Waals surface area (Å²) < 4.78 is 32.1. The van der Waals surface area contributed by atoms with E-state index in [4.69, 9.17) is 4.42 Å². The van der Waals surface area contributed by atoms with Gasteiger partial charge in [0.05, 0.1) is 17.1 Å². The van der Waals surface area contributed by atoms with E-state index in [0.717, 1.165) is 30.1 Å². The molecule has 6 heteroatoms. The second-order valence-electron chi connectivity index (χ2n) is 5.08. The number of furan rings is 1. The summed E-state index contributed by atoms with van der Waals surface area (Å²) in [5, 5.41) is 0.200. The van der Waals surface area contributed by atoms with E-state index in [9.17, 15) is 13.6 Å². The molecule has 2 aromatic rings. The largest absolute Gasteiger partial charge is 0.468 e. The molecule has 0 aliphatic carbocycles. The van der Waals surface area contributed by atoms with Gasteiger partial charge in [0.1, 0.15) is 17.4 Å². The first-order chi connectivity index (χ1) is 10.6. The monoisotopic (exact) mass is 323 g/mol. The van der Waals surface area contributed by atoms with Crippen LogP contribution in [-0.2, 0) is 0 Å². The fraction of sp³-hybridized carbons (Fsp3) is 0.312. The molecule has 1 fully saturated rings. The maximum absolute atomic E-state index is 13.7. The molecule has 0 N–H and O–H groups in total. The van der Waals surface area contributed by atoms with Gasteiger partial charge in [-0.2, -0.15) is 0 Å². The average molecular weight is 323 g/mol. The molecule has 3 rings (SSSR count). The number of hydrogen-bond donors (Lipinski definition) is 0. The van der Waals surface area contributed by atoms with Crippen LogP contribution in [0.4, 0.5) is 8.78 Å². The van der Waals surface area contributed by atoms with E-state index >= 15 is 0 Å². The van der Waals surface area contributed by atoms with Gasteiger partial charge in [0.2, 0.25) is 0 Å². The quantitative estimate of drug-likeness (QED) is 0.841. The summed E-state index contributed by atoms with van der Waals surface area (Å²) in [6.07, 6.45) is 2.38. The first kappa shape index (κ1) is 15.1. The summed E-state index contributed by atoms with van der Waals surface area (Å²) in [4.78, 5) is 14.0. The molecule has 1 amide bonds. The van der Waals surface area contributed by atoms with Gasteiger partial charge in [-0.1, -0.05) is 0 Å². The van der Waals surface area contributed by atoms with Crippen molar-refractivity contribution in [2.24, 2.45) is 0 Å². The number of benzene rings is 1. The van der Waals surface area contributed by atoms with Crippen LogP contribution in [0, 0.1) is 11.6 Å². The Balaban J connectivity index is 1.71. The molecule has 22 heavy (non-hydrogen) atoms. The molecule has 1 unspecified atom stereocenters. The van der Waals surface area contributed by atoms with E-state index < -0.39 is 17.5 Å². The molecule has 0 bridgehead atoms. The minimum Gasteiger partial charge on any atom is -0.468 e. The normalized spacial score (nSPS) is 19.0. The van der Waals surface area contributed by atoms with Gasteiger partial charge in [0.25, 0.3) is 5.91 Å². The van der Waals surface area contributed by atoms with E-state index in [1.807, 2.05) is 12.1 Å². The predicted molar refractivity (Wildman–Crippen MR) is 80.8 cm³/mol. The Kier molecular flexibility index (Phi) is 4.47. The zero-order chi connectivity index (χ0) is 15.5. The number of rotatable bonds is 2. The van der Waals surface area contributed by atoms with Crippen molar-refractivity contribution in [1.82, 2.24) is 4.90 Å². The number of amides is 1. The topological polar surface area (TPSA) is 33.5 Å². The van der Waals surface area contributed by atoms with Crippen molar-refractivity contribution in [3.05, 3.63) is 59.6 Å². The summed E-state index contributed by atoms with van der Waals surface area (Å²) in [5.41, 5.74) is -0.0807. The third kappa shape index (κ3) is 3.16. The molecular formula is C16H15F2NO2S. The van der Waals surface area contributed by atoms with Crippen molar-refractivity contribution in [3.8, 4) is 0 Å². The zero-order valence-corrected chi connectivity index (χ0v) is 12.6. The van der Waals surface area contributed by atoms with Crippen molar-refractivity contribution >= 4 is 17.7 Å². The average Bonchev–Trinajstić information content (AvgIpc) is 2.91. The van der Waals surface area contributed by atoms with Gasteiger partial charge >= 0.3 is 0 Å². The van der Waals surface area contributed by atoms with Crippen LogP contribution in [-0.4, -0.2) is 29.6 Å². The Morgan fingerprint density at radius 3 is 2.86 bits per heavy atom. The van der Waals surface area contributed by atoms with E-state index in [-0.39, 0.29) is 10.8 Å². The van der Waals surface area contributed by atoms with Gasteiger partial charge < -0.3 is 9.32 Å². The van der Waals surface area contributed by atoms with Gasteiger partial charge in [-0.25, -0.2) is 8.78 Å². The highest BCUT2D eigenvalue weighted by atomic mass is 32.2. The van der Waals surface area contributed by atoms with Gasteiger partial charge in [-0.05, 0) is 30.7 Å². The highest BCUT2D eigenvalue weighted by Gasteiger charge is 2.25. The van der Waals surface area contributed by atoms with Crippen molar-refractivity contribution < 1.29 is 18.0 Å². The van der Waals surface area contributed by atoms with E-state index in [1.165, 1.54) is 6.07 Å². The van der Waals surface area contributed by atoms with Crippen molar-refractivity contribution in [2.75, 3.05) is 18.8 Å². The minimum absolute atomic E-state index is 0.0807. The van der Waals surface area contributed by atoms with Crippen LogP contribution in [0.2, 0.25) is 0 Å². The summed E-state index contributed by atoms with van der Waals surface area (Å²) in [5.74, 6) is -0.242. The lowest BCUT2D eigenvalue weighted by molar-refractivity contribution is 0.0761. The van der Waals surface area contributed by atoms with Crippen LogP contribution in [0.5, 0.6) is 0 Å². The Labute approximate surface area is 131 Å². The smallest absolute Gasteiger partial charge is 0.256 e. The highest BCUT2D eigenvalue weighted by molar-refractivity contribution is 7.99. The highest BCUT2D eigenvalue weighted by Crippen LogP contribution is 2.34. The van der Waals surface area contributed by atoms with E-state index in [2.05, 4.69) is 0 Å². The molecule has 116 valence electrons. The Morgan fingerprint density at radius 1 is 1.27 bits per heavy atom. The molecule has 0 radical (unpaired) electrons. The fourth-order valence-corrected chi connectivity index (χ4v) is 3.69. The molecule has 0 spiro atoms. The van der Waals surface area contributed by atoms with Crippen molar-refractivity contribution in [3.63, 3.8) is 0 Å². The van der Waals surface area contributed by atoms with Gasteiger partial charge in [0, 0.05) is 24.9 Å². The third-order valence-electron chi connectivity index (χ3n) is 3.65. The van der Waals surface area contributed by atoms with Crippen LogP contribution >= 0.6 is 11.8 Å². The first-order valence-corrected chi connectivity index (χ1v) is 8.09. The molecule has 1 aliphatic heterocycles. The Bertz CT molecular complexity index is 660. The standard InChI is InChI=1S/C16H15F2NO2S/c17-11-3-4-12(13(18)10-11)16(20)19-6-5-15(22-9-7-19)14-2-1-8-21-14/h1-4,8,10,15H,5-7,9H2. The Hall–Kier alpha value is -1.82. The maximum atomic E-state index is 13.7. The van der Waals surface area contributed by atoms with Gasteiger partial charge in [-0.3, -0.25) is 4.79 Å². The molecule has 1 saturated heterocycles. The lowest BCUT2D eigenvalue weighted by atomic mass is 10.1. The van der Waals surface area contributed by atoms with Gasteiger partial charge in [-0.15, -0.1) is 11.8 Å². The fourth-order valence-electron chi connectivity index (χ4n) is 2.51. The number of halogens is 2. The Morgan fingerprint density at radius 2 is 2.14 bits per heavy atom. The maximum Gasteiger partial charge on any atom is 0.256 e. The summed E-state index contributed by atoms with van der Waals surface area (Å²) in [6, 6.07) is 6.82. The van der Waals surface area contributed by atoms with Crippen LogP contribution in [0.25, 0.3) is 0 Å². The van der Waals surface area contributed by atoms with Crippen LogP contribution < -0.4 is 0 Å². The van der Waals surface area contributed by atoms with E-state index in [0.29, 0.717) is 13.1 Å². The summed E-state index contributed by atoms with van der Waals surface area (Å²) in [7, 11) is 0. The lowest BCUT2D eigenvalue weighted by Crippen LogP contribution is -2.33. The molecule has 3 nitrogen and oxygen atoms in total. The molecule has 0 saturated carbocycles. The second kappa shape index (κ2) is 6.52. The SMILES string of the molecule is O=C(c1ccc(F)cc1F)N1CCSC(c2ccco2)CC1. The lowest BCUT2D eigenvalue weighted by Gasteiger charge is -2.20. The molecular weight excluding hydrogens is 308 g/mol. The molecule has 1 aromatic carbocycles. The number of thioether (sulfide) groups is 1. The minimum atomic E-state index is -0.815. The van der Waals surface area contributed by atoms with Crippen LogP contribution in [0.1, 0.15) is 27.8 Å². The molecule has 1 aromatic heterocycles. The van der Waals surface area contributed by atoms with Crippen molar-refractivity contribution in [2.45, 2.75) is 11.7 Å². The van der Waals surface area contributed by atoms with E-state index in [1.54, 1.807) is 22.9 Å². The number of hydrogen-bond acceptors (Lipinski definition) is 3. The number of carbonyl (C=O) groups excluding carboxylic acids is 1. The van der Waals surface area contributed by atoms with Gasteiger partial charge in [0.15, 0.2) is 0 Å². The van der Waals surface area contributed by atoms with Crippen LogP contribution in [0.3, 0.4) is 0 Å². The third-order valence-corrected chi connectivity index (χ3v) is 4.94. The first-order valence-electron chi connectivity index (χ1n) is 7.04. The molecule has 2 heterocycles. The number of carbonyl (C=O) groups is 1. The van der Waals surface area contributed by atoms with Crippen molar-refractivity contribution in [1.29, 1.82) is 0 Å². The molecule has 1 aliphatic rings.